The number of imide groups is 1. The van der Waals surface area contributed by atoms with Gasteiger partial charge in [0, 0.05) is 0 Å². The average molecular weight is 278 g/mol. The summed E-state index contributed by atoms with van der Waals surface area (Å²) < 4.78 is 0. The van der Waals surface area contributed by atoms with E-state index in [4.69, 9.17) is 10.1 Å². The van der Waals surface area contributed by atoms with Crippen LogP contribution in [0.15, 0.2) is 48.5 Å². The number of carbonyl (C=O) groups is 2. The average Bonchev–Trinajstić information content (AvgIpc) is 2.78. The molecule has 0 N–H and O–H groups in total. The van der Waals surface area contributed by atoms with E-state index >= 15 is 0 Å². The summed E-state index contributed by atoms with van der Waals surface area (Å²) in [6.07, 6.45) is 0. The first-order chi connectivity index (χ1) is 10.2. The van der Waals surface area contributed by atoms with Crippen LogP contribution in [0, 0.1) is 11.3 Å². The fourth-order valence-electron chi connectivity index (χ4n) is 2.15. The van der Waals surface area contributed by atoms with Crippen LogP contribution < -0.4 is 0 Å². The maximum atomic E-state index is 12.1. The molecule has 0 aliphatic carbocycles. The van der Waals surface area contributed by atoms with Crippen LogP contribution in [0.25, 0.3) is 0 Å². The molecule has 5 heteroatoms. The SMILES string of the molecule is N#Cc1cccc(CON2C(=O)c3ccccc3C2=O)c1. The zero-order valence-corrected chi connectivity index (χ0v) is 10.9. The van der Waals surface area contributed by atoms with E-state index in [-0.39, 0.29) is 6.61 Å². The lowest BCUT2D eigenvalue weighted by atomic mass is 10.1. The summed E-state index contributed by atoms with van der Waals surface area (Å²) in [5.41, 5.74) is 1.89. The highest BCUT2D eigenvalue weighted by Gasteiger charge is 2.36. The molecule has 1 aliphatic heterocycles. The largest absolute Gasteiger partial charge is 0.285 e. The third-order valence-corrected chi connectivity index (χ3v) is 3.17. The van der Waals surface area contributed by atoms with Crippen molar-refractivity contribution in [2.45, 2.75) is 6.61 Å². The van der Waals surface area contributed by atoms with Gasteiger partial charge in [-0.3, -0.25) is 14.4 Å². The van der Waals surface area contributed by atoms with Crippen molar-refractivity contribution < 1.29 is 14.4 Å². The molecule has 0 bridgehead atoms. The first-order valence-electron chi connectivity index (χ1n) is 6.30. The monoisotopic (exact) mass is 278 g/mol. The Morgan fingerprint density at radius 1 is 1.00 bits per heavy atom. The number of rotatable bonds is 3. The molecule has 0 fully saturated rings. The first kappa shape index (κ1) is 13.0. The van der Waals surface area contributed by atoms with Crippen molar-refractivity contribution in [3.05, 3.63) is 70.8 Å². The molecule has 102 valence electrons. The van der Waals surface area contributed by atoms with E-state index in [1.165, 1.54) is 0 Å². The van der Waals surface area contributed by atoms with E-state index in [1.54, 1.807) is 48.5 Å². The molecular formula is C16H10N2O3. The van der Waals surface area contributed by atoms with Gasteiger partial charge in [-0.25, -0.2) is 0 Å². The zero-order valence-electron chi connectivity index (χ0n) is 10.9. The van der Waals surface area contributed by atoms with Gasteiger partial charge in [0.05, 0.1) is 22.8 Å². The molecule has 0 saturated heterocycles. The van der Waals surface area contributed by atoms with E-state index in [0.717, 1.165) is 5.06 Å². The molecule has 2 aromatic carbocycles. The maximum Gasteiger partial charge on any atom is 0.285 e. The van der Waals surface area contributed by atoms with E-state index in [2.05, 4.69) is 0 Å². The summed E-state index contributed by atoms with van der Waals surface area (Å²) >= 11 is 0. The summed E-state index contributed by atoms with van der Waals surface area (Å²) in [5, 5.41) is 9.60. The number of nitrogens with zero attached hydrogens (tertiary/aromatic N) is 2. The first-order valence-corrected chi connectivity index (χ1v) is 6.30. The highest BCUT2D eigenvalue weighted by atomic mass is 16.7. The fraction of sp³-hybridized carbons (Fsp3) is 0.0625. The lowest BCUT2D eigenvalue weighted by Crippen LogP contribution is -2.29. The van der Waals surface area contributed by atoms with Gasteiger partial charge in [0.1, 0.15) is 6.61 Å². The van der Waals surface area contributed by atoms with Crippen LogP contribution in [0.4, 0.5) is 0 Å². The Balaban J connectivity index is 1.77. The second-order valence-corrected chi connectivity index (χ2v) is 4.54. The van der Waals surface area contributed by atoms with Gasteiger partial charge in [0.25, 0.3) is 11.8 Å². The number of hydrogen-bond acceptors (Lipinski definition) is 4. The van der Waals surface area contributed by atoms with Gasteiger partial charge in [0.2, 0.25) is 0 Å². The quantitative estimate of drug-likeness (QED) is 0.808. The van der Waals surface area contributed by atoms with E-state index in [1.807, 2.05) is 6.07 Å². The van der Waals surface area contributed by atoms with Crippen molar-refractivity contribution in [3.8, 4) is 6.07 Å². The molecule has 2 amide bonds. The van der Waals surface area contributed by atoms with Gasteiger partial charge in [-0.05, 0) is 29.8 Å². The summed E-state index contributed by atoms with van der Waals surface area (Å²) in [5.74, 6) is -0.931. The lowest BCUT2D eigenvalue weighted by molar-refractivity contribution is -0.101. The van der Waals surface area contributed by atoms with Crippen LogP contribution in [0.3, 0.4) is 0 Å². The van der Waals surface area contributed by atoms with Crippen molar-refractivity contribution in [1.29, 1.82) is 5.26 Å². The Morgan fingerprint density at radius 2 is 1.67 bits per heavy atom. The molecule has 0 unspecified atom stereocenters. The molecule has 5 nitrogen and oxygen atoms in total. The second kappa shape index (κ2) is 5.19. The number of benzene rings is 2. The van der Waals surface area contributed by atoms with E-state index in [0.29, 0.717) is 22.3 Å². The summed E-state index contributed by atoms with van der Waals surface area (Å²) in [6.45, 7) is 0.0426. The topological polar surface area (TPSA) is 70.4 Å². The number of hydrogen-bond donors (Lipinski definition) is 0. The Bertz CT molecular complexity index is 742. The Kier molecular flexibility index (Phi) is 3.22. The minimum Gasteiger partial charge on any atom is -0.266 e. The molecule has 2 aromatic rings. The van der Waals surface area contributed by atoms with Crippen LogP contribution in [0.2, 0.25) is 0 Å². The van der Waals surface area contributed by atoms with Crippen molar-refractivity contribution in [2.24, 2.45) is 0 Å². The van der Waals surface area contributed by atoms with Crippen LogP contribution in [-0.2, 0) is 11.4 Å². The molecule has 0 saturated carbocycles. The van der Waals surface area contributed by atoms with Crippen molar-refractivity contribution in [3.63, 3.8) is 0 Å². The highest BCUT2D eigenvalue weighted by molar-refractivity contribution is 6.20. The van der Waals surface area contributed by atoms with Gasteiger partial charge in [-0.15, -0.1) is 5.06 Å². The van der Waals surface area contributed by atoms with E-state index < -0.39 is 11.8 Å². The third kappa shape index (κ3) is 2.29. The molecule has 1 aliphatic rings. The number of nitriles is 1. The van der Waals surface area contributed by atoms with Crippen molar-refractivity contribution >= 4 is 11.8 Å². The van der Waals surface area contributed by atoms with Crippen LogP contribution in [0.5, 0.6) is 0 Å². The van der Waals surface area contributed by atoms with E-state index in [9.17, 15) is 9.59 Å². The predicted molar refractivity (Wildman–Crippen MR) is 72.9 cm³/mol. The van der Waals surface area contributed by atoms with Crippen molar-refractivity contribution in [2.75, 3.05) is 0 Å². The molecule has 0 spiro atoms. The number of carbonyl (C=O) groups excluding carboxylic acids is 2. The number of hydroxylamine groups is 2. The Hall–Kier alpha value is -2.97. The van der Waals surface area contributed by atoms with Gasteiger partial charge in [0.15, 0.2) is 0 Å². The lowest BCUT2D eigenvalue weighted by Gasteiger charge is -2.13. The zero-order chi connectivity index (χ0) is 14.8. The molecular weight excluding hydrogens is 268 g/mol. The van der Waals surface area contributed by atoms with Crippen molar-refractivity contribution in [1.82, 2.24) is 5.06 Å². The molecule has 0 radical (unpaired) electrons. The minimum absolute atomic E-state index is 0.0426. The summed E-state index contributed by atoms with van der Waals surface area (Å²) in [6, 6.07) is 15.4. The minimum atomic E-state index is -0.466. The standard InChI is InChI=1S/C16H10N2O3/c17-9-11-4-3-5-12(8-11)10-21-18-15(19)13-6-1-2-7-14(13)16(18)20/h1-8H,10H2. The molecule has 1 heterocycles. The Labute approximate surface area is 120 Å². The maximum absolute atomic E-state index is 12.1. The normalized spacial score (nSPS) is 13.2. The van der Waals surface area contributed by atoms with Gasteiger partial charge < -0.3 is 0 Å². The van der Waals surface area contributed by atoms with Crippen LogP contribution in [0.1, 0.15) is 31.8 Å². The fourth-order valence-corrected chi connectivity index (χ4v) is 2.15. The summed E-state index contributed by atoms with van der Waals surface area (Å²) in [7, 11) is 0. The third-order valence-electron chi connectivity index (χ3n) is 3.17. The molecule has 0 aromatic heterocycles. The van der Waals surface area contributed by atoms with Crippen LogP contribution >= 0.6 is 0 Å². The van der Waals surface area contributed by atoms with Gasteiger partial charge >= 0.3 is 0 Å². The summed E-state index contributed by atoms with van der Waals surface area (Å²) in [4.78, 5) is 29.5. The predicted octanol–water partition coefficient (Wildman–Crippen LogP) is 2.29. The Morgan fingerprint density at radius 3 is 2.29 bits per heavy atom. The van der Waals surface area contributed by atoms with Gasteiger partial charge in [-0.1, -0.05) is 24.3 Å². The molecule has 0 atom stereocenters. The van der Waals surface area contributed by atoms with Crippen LogP contribution in [-0.4, -0.2) is 16.9 Å². The highest BCUT2D eigenvalue weighted by Crippen LogP contribution is 2.23. The number of amides is 2. The molecule has 21 heavy (non-hydrogen) atoms. The smallest absolute Gasteiger partial charge is 0.266 e. The molecule has 3 rings (SSSR count). The second-order valence-electron chi connectivity index (χ2n) is 4.54. The van der Waals surface area contributed by atoms with Gasteiger partial charge in [-0.2, -0.15) is 5.26 Å². The number of fused-ring (bicyclic) bond motifs is 1.